The zero-order valence-corrected chi connectivity index (χ0v) is 11.3. The predicted octanol–water partition coefficient (Wildman–Crippen LogP) is 1.50. The van der Waals surface area contributed by atoms with Crippen molar-refractivity contribution in [3.05, 3.63) is 27.9 Å². The van der Waals surface area contributed by atoms with Gasteiger partial charge in [-0.2, -0.15) is 0 Å². The van der Waals surface area contributed by atoms with Crippen molar-refractivity contribution in [2.75, 3.05) is 25.6 Å². The molecule has 0 fully saturated rings. The summed E-state index contributed by atoms with van der Waals surface area (Å²) in [5.41, 5.74) is -0.401. The molecule has 0 aliphatic carbocycles. The first-order chi connectivity index (χ1) is 8.85. The lowest BCUT2D eigenvalue weighted by molar-refractivity contribution is -0.384. The van der Waals surface area contributed by atoms with Gasteiger partial charge in [0.1, 0.15) is 0 Å². The van der Waals surface area contributed by atoms with E-state index in [0.29, 0.717) is 18.6 Å². The van der Waals surface area contributed by atoms with E-state index in [1.807, 2.05) is 0 Å². The molecule has 0 aromatic carbocycles. The van der Waals surface area contributed by atoms with Gasteiger partial charge in [0.15, 0.2) is 0 Å². The monoisotopic (exact) mass is 269 g/mol. The van der Waals surface area contributed by atoms with E-state index in [9.17, 15) is 15.2 Å². The first-order valence-corrected chi connectivity index (χ1v) is 5.92. The minimum absolute atomic E-state index is 0.0949. The summed E-state index contributed by atoms with van der Waals surface area (Å²) < 4.78 is 4.90. The van der Waals surface area contributed by atoms with Crippen molar-refractivity contribution in [1.82, 2.24) is 4.98 Å². The molecule has 106 valence electrons. The Balaban J connectivity index is 2.75. The average molecular weight is 269 g/mol. The van der Waals surface area contributed by atoms with Crippen LogP contribution in [0.5, 0.6) is 0 Å². The third kappa shape index (κ3) is 4.80. The Kier molecular flexibility index (Phi) is 5.20. The van der Waals surface area contributed by atoms with Crippen LogP contribution in [0, 0.1) is 17.0 Å². The Morgan fingerprint density at radius 3 is 2.89 bits per heavy atom. The lowest BCUT2D eigenvalue weighted by Gasteiger charge is -2.23. The van der Waals surface area contributed by atoms with Gasteiger partial charge in [0.25, 0.3) is 0 Å². The Hall–Kier alpha value is -1.73. The lowest BCUT2D eigenvalue weighted by atomic mass is 10.0. The van der Waals surface area contributed by atoms with Crippen LogP contribution in [0.3, 0.4) is 0 Å². The van der Waals surface area contributed by atoms with Crippen molar-refractivity contribution in [2.45, 2.75) is 25.9 Å². The molecule has 19 heavy (non-hydrogen) atoms. The first-order valence-electron chi connectivity index (χ1n) is 5.92. The Morgan fingerprint density at radius 1 is 1.63 bits per heavy atom. The number of aromatic nitrogens is 1. The van der Waals surface area contributed by atoms with E-state index in [0.717, 1.165) is 0 Å². The molecule has 0 aliphatic rings. The molecule has 7 heteroatoms. The van der Waals surface area contributed by atoms with Gasteiger partial charge in [-0.1, -0.05) is 0 Å². The molecule has 0 radical (unpaired) electrons. The number of nitrogens with zero attached hydrogens (tertiary/aromatic N) is 2. The molecule has 2 N–H and O–H groups in total. The standard InChI is InChI=1S/C12H19N3O4/c1-9-6-10(15(17)18)11(13-7-9)14-8-12(2,16)4-5-19-3/h6-7,16H,4-5,8H2,1-3H3,(H,13,14). The number of hydrogen-bond donors (Lipinski definition) is 2. The highest BCUT2D eigenvalue weighted by molar-refractivity contribution is 5.56. The molecule has 1 unspecified atom stereocenters. The number of nitrogens with one attached hydrogen (secondary N) is 1. The van der Waals surface area contributed by atoms with Crippen LogP contribution in [0.25, 0.3) is 0 Å². The van der Waals surface area contributed by atoms with E-state index in [-0.39, 0.29) is 18.1 Å². The van der Waals surface area contributed by atoms with E-state index in [4.69, 9.17) is 4.74 Å². The van der Waals surface area contributed by atoms with Crippen LogP contribution in [-0.2, 0) is 4.74 Å². The molecule has 0 amide bonds. The fourth-order valence-electron chi connectivity index (χ4n) is 1.51. The maximum Gasteiger partial charge on any atom is 0.311 e. The second-order valence-electron chi connectivity index (χ2n) is 4.73. The highest BCUT2D eigenvalue weighted by atomic mass is 16.6. The van der Waals surface area contributed by atoms with Gasteiger partial charge in [-0.15, -0.1) is 0 Å². The molecule has 0 aliphatic heterocycles. The van der Waals surface area contributed by atoms with E-state index >= 15 is 0 Å². The maximum atomic E-state index is 10.9. The van der Waals surface area contributed by atoms with Crippen LogP contribution in [0.2, 0.25) is 0 Å². The number of methoxy groups -OCH3 is 1. The van der Waals surface area contributed by atoms with E-state index in [2.05, 4.69) is 10.3 Å². The molecule has 1 aromatic heterocycles. The summed E-state index contributed by atoms with van der Waals surface area (Å²) in [4.78, 5) is 14.4. The molecule has 1 aromatic rings. The predicted molar refractivity (Wildman–Crippen MR) is 71.2 cm³/mol. The second kappa shape index (κ2) is 6.44. The number of rotatable bonds is 7. The largest absolute Gasteiger partial charge is 0.388 e. The number of nitro groups is 1. The third-order valence-corrected chi connectivity index (χ3v) is 2.68. The fraction of sp³-hybridized carbons (Fsp3) is 0.583. The van der Waals surface area contributed by atoms with Crippen LogP contribution < -0.4 is 5.32 Å². The highest BCUT2D eigenvalue weighted by Crippen LogP contribution is 2.23. The van der Waals surface area contributed by atoms with Gasteiger partial charge in [0.05, 0.1) is 10.5 Å². The zero-order chi connectivity index (χ0) is 14.5. The fourth-order valence-corrected chi connectivity index (χ4v) is 1.51. The van der Waals surface area contributed by atoms with Gasteiger partial charge in [-0.05, 0) is 19.4 Å². The average Bonchev–Trinajstić information content (AvgIpc) is 2.35. The number of hydrogen-bond acceptors (Lipinski definition) is 6. The number of pyridine rings is 1. The van der Waals surface area contributed by atoms with Crippen molar-refractivity contribution in [1.29, 1.82) is 0 Å². The van der Waals surface area contributed by atoms with Crippen LogP contribution in [0.4, 0.5) is 11.5 Å². The smallest absolute Gasteiger partial charge is 0.311 e. The SMILES string of the molecule is COCCC(C)(O)CNc1ncc(C)cc1[N+](=O)[O-]. The molecule has 1 rings (SSSR count). The van der Waals surface area contributed by atoms with Crippen LogP contribution in [-0.4, -0.2) is 40.9 Å². The van der Waals surface area contributed by atoms with Crippen molar-refractivity contribution in [3.63, 3.8) is 0 Å². The summed E-state index contributed by atoms with van der Waals surface area (Å²) in [6.07, 6.45) is 1.97. The van der Waals surface area contributed by atoms with Gasteiger partial charge in [-0.25, -0.2) is 4.98 Å². The Morgan fingerprint density at radius 2 is 2.32 bits per heavy atom. The summed E-state index contributed by atoms with van der Waals surface area (Å²) in [5.74, 6) is 0.160. The van der Waals surface area contributed by atoms with Crippen molar-refractivity contribution >= 4 is 11.5 Å². The Bertz CT molecular complexity index is 449. The molecular weight excluding hydrogens is 250 g/mol. The molecule has 0 spiro atoms. The van der Waals surface area contributed by atoms with Gasteiger partial charge in [-0.3, -0.25) is 10.1 Å². The van der Waals surface area contributed by atoms with Crippen molar-refractivity contribution < 1.29 is 14.8 Å². The minimum atomic E-state index is -1.02. The molecular formula is C12H19N3O4. The number of aliphatic hydroxyl groups is 1. The lowest BCUT2D eigenvalue weighted by Crippen LogP contribution is -2.35. The van der Waals surface area contributed by atoms with Gasteiger partial charge in [0.2, 0.25) is 5.82 Å². The Labute approximate surface area is 111 Å². The number of aryl methyl sites for hydroxylation is 1. The van der Waals surface area contributed by atoms with Crippen molar-refractivity contribution in [3.8, 4) is 0 Å². The van der Waals surface area contributed by atoms with Gasteiger partial charge >= 0.3 is 5.69 Å². The number of ether oxygens (including phenoxy) is 1. The quantitative estimate of drug-likeness (QED) is 0.575. The molecule has 1 heterocycles. The summed E-state index contributed by atoms with van der Waals surface area (Å²) in [6, 6.07) is 1.44. The van der Waals surface area contributed by atoms with Crippen LogP contribution in [0.1, 0.15) is 18.9 Å². The molecule has 0 saturated carbocycles. The summed E-state index contributed by atoms with van der Waals surface area (Å²) in [7, 11) is 1.55. The van der Waals surface area contributed by atoms with E-state index in [1.165, 1.54) is 6.07 Å². The molecule has 0 bridgehead atoms. The normalized spacial score (nSPS) is 13.9. The van der Waals surface area contributed by atoms with Gasteiger partial charge < -0.3 is 15.2 Å². The second-order valence-corrected chi connectivity index (χ2v) is 4.73. The minimum Gasteiger partial charge on any atom is -0.388 e. The maximum absolute atomic E-state index is 10.9. The van der Waals surface area contributed by atoms with Crippen molar-refractivity contribution in [2.24, 2.45) is 0 Å². The first kappa shape index (κ1) is 15.3. The van der Waals surface area contributed by atoms with Gasteiger partial charge in [0, 0.05) is 38.9 Å². The summed E-state index contributed by atoms with van der Waals surface area (Å²) >= 11 is 0. The van der Waals surface area contributed by atoms with Crippen LogP contribution in [0.15, 0.2) is 12.3 Å². The topological polar surface area (TPSA) is 97.5 Å². The van der Waals surface area contributed by atoms with E-state index < -0.39 is 10.5 Å². The number of anilines is 1. The highest BCUT2D eigenvalue weighted by Gasteiger charge is 2.22. The van der Waals surface area contributed by atoms with E-state index in [1.54, 1.807) is 27.2 Å². The molecule has 1 atom stereocenters. The molecule has 0 saturated heterocycles. The molecule has 7 nitrogen and oxygen atoms in total. The summed E-state index contributed by atoms with van der Waals surface area (Å²) in [6.45, 7) is 3.95. The van der Waals surface area contributed by atoms with Crippen LogP contribution >= 0.6 is 0 Å². The summed E-state index contributed by atoms with van der Waals surface area (Å²) in [5, 5.41) is 23.8. The third-order valence-electron chi connectivity index (χ3n) is 2.68. The zero-order valence-electron chi connectivity index (χ0n) is 11.3.